The van der Waals surface area contributed by atoms with Crippen molar-refractivity contribution in [1.29, 1.82) is 0 Å². The van der Waals surface area contributed by atoms with Gasteiger partial charge in [0.1, 0.15) is 10.7 Å². The highest BCUT2D eigenvalue weighted by atomic mass is 79.9. The van der Waals surface area contributed by atoms with Gasteiger partial charge in [-0.25, -0.2) is 26.4 Å². The van der Waals surface area contributed by atoms with Gasteiger partial charge >= 0.3 is 5.97 Å². The van der Waals surface area contributed by atoms with Gasteiger partial charge < -0.3 is 4.74 Å². The van der Waals surface area contributed by atoms with Gasteiger partial charge in [-0.1, -0.05) is 0 Å². The van der Waals surface area contributed by atoms with Crippen LogP contribution in [0, 0.1) is 17.5 Å². The van der Waals surface area contributed by atoms with E-state index in [9.17, 15) is 26.4 Å². The van der Waals surface area contributed by atoms with Crippen molar-refractivity contribution in [3.05, 3.63) is 57.8 Å². The zero-order valence-corrected chi connectivity index (χ0v) is 14.3. The molecule has 1 N–H and O–H groups in total. The molecule has 2 rings (SSSR count). The Hall–Kier alpha value is -2.07. The number of hydrogen-bond acceptors (Lipinski definition) is 4. The third-order valence-electron chi connectivity index (χ3n) is 2.89. The van der Waals surface area contributed by atoms with Crippen molar-refractivity contribution in [3.63, 3.8) is 0 Å². The normalized spacial score (nSPS) is 11.2. The number of ether oxygens (including phenoxy) is 1. The van der Waals surface area contributed by atoms with Crippen LogP contribution >= 0.6 is 15.9 Å². The van der Waals surface area contributed by atoms with Crippen LogP contribution in [0.3, 0.4) is 0 Å². The summed E-state index contributed by atoms with van der Waals surface area (Å²) in [5.41, 5.74) is -0.527. The lowest BCUT2D eigenvalue weighted by Gasteiger charge is -2.11. The lowest BCUT2D eigenvalue weighted by atomic mass is 10.2. The van der Waals surface area contributed by atoms with Gasteiger partial charge in [-0.15, -0.1) is 0 Å². The zero-order valence-electron chi connectivity index (χ0n) is 11.9. The van der Waals surface area contributed by atoms with E-state index in [0.717, 1.165) is 25.3 Å². The molecule has 5 nitrogen and oxygen atoms in total. The predicted molar refractivity (Wildman–Crippen MR) is 82.6 cm³/mol. The SMILES string of the molecule is COC(=O)c1cc(S(=O)(=O)Nc2ccc(F)c(F)c2)c(F)cc1Br. The molecule has 0 unspecified atom stereocenters. The maximum Gasteiger partial charge on any atom is 0.339 e. The molecule has 128 valence electrons. The summed E-state index contributed by atoms with van der Waals surface area (Å²) in [6.07, 6.45) is 0. The molecule has 0 fully saturated rings. The number of carbonyl (C=O) groups excluding carboxylic acids is 1. The molecule has 0 aliphatic carbocycles. The number of methoxy groups -OCH3 is 1. The molecule has 0 aromatic heterocycles. The first-order valence-electron chi connectivity index (χ1n) is 6.21. The minimum Gasteiger partial charge on any atom is -0.465 e. The topological polar surface area (TPSA) is 72.5 Å². The molecule has 0 heterocycles. The van der Waals surface area contributed by atoms with Crippen molar-refractivity contribution in [2.24, 2.45) is 0 Å². The highest BCUT2D eigenvalue weighted by Gasteiger charge is 2.24. The molecule has 0 aliphatic rings. The molecule has 24 heavy (non-hydrogen) atoms. The number of nitrogens with one attached hydrogen (secondary N) is 1. The molecule has 0 saturated carbocycles. The summed E-state index contributed by atoms with van der Waals surface area (Å²) in [6, 6.07) is 3.84. The van der Waals surface area contributed by atoms with Crippen LogP contribution in [0.2, 0.25) is 0 Å². The summed E-state index contributed by atoms with van der Waals surface area (Å²) in [4.78, 5) is 10.7. The summed E-state index contributed by atoms with van der Waals surface area (Å²) in [5.74, 6) is -4.47. The maximum atomic E-state index is 14.0. The van der Waals surface area contributed by atoms with Crippen LogP contribution in [0.4, 0.5) is 18.9 Å². The molecule has 0 radical (unpaired) electrons. The number of rotatable bonds is 4. The summed E-state index contributed by atoms with van der Waals surface area (Å²) in [5, 5.41) is 0. The molecule has 0 atom stereocenters. The van der Waals surface area contributed by atoms with Gasteiger partial charge in [0.15, 0.2) is 11.6 Å². The molecular weight excluding hydrogens is 415 g/mol. The molecule has 2 aromatic carbocycles. The van der Waals surface area contributed by atoms with E-state index in [-0.39, 0.29) is 15.7 Å². The molecular formula is C14H9BrF3NO4S. The first-order chi connectivity index (χ1) is 11.2. The van der Waals surface area contributed by atoms with Gasteiger partial charge in [-0.05, 0) is 40.2 Å². The van der Waals surface area contributed by atoms with Gasteiger partial charge in [0.2, 0.25) is 0 Å². The van der Waals surface area contributed by atoms with Gasteiger partial charge in [-0.3, -0.25) is 4.72 Å². The second-order valence-corrected chi connectivity index (χ2v) is 6.99. The molecule has 0 spiro atoms. The smallest absolute Gasteiger partial charge is 0.339 e. The van der Waals surface area contributed by atoms with Crippen LogP contribution in [0.5, 0.6) is 0 Å². The number of benzene rings is 2. The monoisotopic (exact) mass is 423 g/mol. The van der Waals surface area contributed by atoms with Crippen molar-refractivity contribution >= 4 is 37.6 Å². The quantitative estimate of drug-likeness (QED) is 0.764. The average molecular weight is 424 g/mol. The van der Waals surface area contributed by atoms with Crippen molar-refractivity contribution in [1.82, 2.24) is 0 Å². The lowest BCUT2D eigenvalue weighted by molar-refractivity contribution is 0.0599. The molecule has 0 aliphatic heterocycles. The number of halogens is 4. The molecule has 2 aromatic rings. The van der Waals surface area contributed by atoms with E-state index in [2.05, 4.69) is 20.7 Å². The fourth-order valence-electron chi connectivity index (χ4n) is 1.77. The van der Waals surface area contributed by atoms with Crippen LogP contribution in [0.1, 0.15) is 10.4 Å². The van der Waals surface area contributed by atoms with Crippen molar-refractivity contribution < 1.29 is 31.1 Å². The predicted octanol–water partition coefficient (Wildman–Crippen LogP) is 3.45. The average Bonchev–Trinajstić information content (AvgIpc) is 2.49. The minimum absolute atomic E-state index is 0.00127. The largest absolute Gasteiger partial charge is 0.465 e. The standard InChI is InChI=1S/C14H9BrF3NO4S/c1-23-14(20)8-5-13(12(18)6-9(8)15)24(21,22)19-7-2-3-10(16)11(17)4-7/h2-6,19H,1H3. The zero-order chi connectivity index (χ0) is 18.1. The fourth-order valence-corrected chi connectivity index (χ4v) is 3.38. The Morgan fingerprint density at radius 3 is 2.33 bits per heavy atom. The van der Waals surface area contributed by atoms with E-state index >= 15 is 0 Å². The van der Waals surface area contributed by atoms with Crippen molar-refractivity contribution in [3.8, 4) is 0 Å². The Bertz CT molecular complexity index is 918. The van der Waals surface area contributed by atoms with Gasteiger partial charge in [-0.2, -0.15) is 0 Å². The Kier molecular flexibility index (Phi) is 5.19. The summed E-state index contributed by atoms with van der Waals surface area (Å²) in [6.45, 7) is 0. The number of carbonyl (C=O) groups is 1. The van der Waals surface area contributed by atoms with Crippen LogP contribution in [0.15, 0.2) is 39.7 Å². The summed E-state index contributed by atoms with van der Waals surface area (Å²) < 4.78 is 70.9. The highest BCUT2D eigenvalue weighted by Crippen LogP contribution is 2.27. The second kappa shape index (κ2) is 6.81. The van der Waals surface area contributed by atoms with E-state index in [0.29, 0.717) is 12.1 Å². The molecule has 0 amide bonds. The van der Waals surface area contributed by atoms with Crippen molar-refractivity contribution in [2.45, 2.75) is 4.90 Å². The molecule has 10 heteroatoms. The highest BCUT2D eigenvalue weighted by molar-refractivity contribution is 9.10. The van der Waals surface area contributed by atoms with Crippen molar-refractivity contribution in [2.75, 3.05) is 11.8 Å². The van der Waals surface area contributed by atoms with E-state index in [1.165, 1.54) is 0 Å². The summed E-state index contributed by atoms with van der Waals surface area (Å²) >= 11 is 2.93. The first-order valence-corrected chi connectivity index (χ1v) is 8.48. The van der Waals surface area contributed by atoms with Crippen LogP contribution in [0.25, 0.3) is 0 Å². The van der Waals surface area contributed by atoms with E-state index in [1.807, 2.05) is 4.72 Å². The maximum absolute atomic E-state index is 14.0. The number of hydrogen-bond donors (Lipinski definition) is 1. The third kappa shape index (κ3) is 3.70. The Morgan fingerprint density at radius 1 is 1.08 bits per heavy atom. The lowest BCUT2D eigenvalue weighted by Crippen LogP contribution is -2.16. The Labute approximate surface area is 143 Å². The van der Waals surface area contributed by atoms with Gasteiger partial charge in [0, 0.05) is 10.5 Å². The Balaban J connectivity index is 2.48. The third-order valence-corrected chi connectivity index (χ3v) is 4.94. The second-order valence-electron chi connectivity index (χ2n) is 4.49. The molecule has 0 saturated heterocycles. The fraction of sp³-hybridized carbons (Fsp3) is 0.0714. The minimum atomic E-state index is -4.50. The van der Waals surface area contributed by atoms with Gasteiger partial charge in [0.25, 0.3) is 10.0 Å². The van der Waals surface area contributed by atoms with Crippen LogP contribution in [-0.4, -0.2) is 21.5 Å². The van der Waals surface area contributed by atoms with E-state index < -0.39 is 38.3 Å². The van der Waals surface area contributed by atoms with Crippen LogP contribution in [-0.2, 0) is 14.8 Å². The van der Waals surface area contributed by atoms with Gasteiger partial charge in [0.05, 0.1) is 18.4 Å². The number of sulfonamides is 1. The van der Waals surface area contributed by atoms with Crippen LogP contribution < -0.4 is 4.72 Å². The molecule has 0 bridgehead atoms. The number of anilines is 1. The number of esters is 1. The summed E-state index contributed by atoms with van der Waals surface area (Å²) in [7, 11) is -3.42. The van der Waals surface area contributed by atoms with E-state index in [1.54, 1.807) is 0 Å². The Morgan fingerprint density at radius 2 is 1.75 bits per heavy atom. The van der Waals surface area contributed by atoms with E-state index in [4.69, 9.17) is 0 Å². The first kappa shape index (κ1) is 18.3.